The van der Waals surface area contributed by atoms with Crippen LogP contribution in [0.15, 0.2) is 0 Å². The van der Waals surface area contributed by atoms with Crippen molar-refractivity contribution in [3.63, 3.8) is 0 Å². The van der Waals surface area contributed by atoms with Gasteiger partial charge in [-0.05, 0) is 51.5 Å². The number of carbonyl (C=O) groups excluding carboxylic acids is 1. The van der Waals surface area contributed by atoms with Gasteiger partial charge in [0.25, 0.3) is 0 Å². The molecule has 0 bridgehead atoms. The number of nitrogens with zero attached hydrogens (tertiary/aromatic N) is 1. The van der Waals surface area contributed by atoms with Crippen LogP contribution in [0.5, 0.6) is 0 Å². The standard InChI is InChI=1S/C19H33F3N4O2S/c1-12(29-18-25-23-11-26(18)2)13-5-3-7-15(9-13)24-17(27)14-6-4-8-16(10-14)28-19(20,21)22/h12-16,18,23,25H,3-11H2,1-2H3,(H,24,27)/t12-,13?,14?,15?,16?,18?/m0/s1. The fraction of sp³-hybridized carbons (Fsp3) is 0.947. The van der Waals surface area contributed by atoms with Gasteiger partial charge in [0, 0.05) is 17.2 Å². The largest absolute Gasteiger partial charge is 0.522 e. The number of nitrogens with one attached hydrogen (secondary N) is 3. The highest BCUT2D eigenvalue weighted by atomic mass is 32.2. The van der Waals surface area contributed by atoms with Gasteiger partial charge in [0.05, 0.1) is 12.8 Å². The van der Waals surface area contributed by atoms with Crippen molar-refractivity contribution in [3.8, 4) is 0 Å². The van der Waals surface area contributed by atoms with Crippen molar-refractivity contribution in [2.75, 3.05) is 13.7 Å². The van der Waals surface area contributed by atoms with Crippen molar-refractivity contribution in [3.05, 3.63) is 0 Å². The summed E-state index contributed by atoms with van der Waals surface area (Å²) in [5.41, 5.74) is 6.64. The lowest BCUT2D eigenvalue weighted by molar-refractivity contribution is -0.346. The van der Waals surface area contributed by atoms with Crippen molar-refractivity contribution in [2.45, 2.75) is 87.5 Å². The number of hydrazine groups is 1. The van der Waals surface area contributed by atoms with Gasteiger partial charge < -0.3 is 5.32 Å². The first kappa shape index (κ1) is 23.1. The Kier molecular flexibility index (Phi) is 8.11. The minimum Gasteiger partial charge on any atom is -0.353 e. The maximum absolute atomic E-state index is 12.7. The summed E-state index contributed by atoms with van der Waals surface area (Å²) in [6.45, 7) is 3.06. The van der Waals surface area contributed by atoms with Crippen LogP contribution in [0.25, 0.3) is 0 Å². The molecule has 0 aromatic rings. The molecule has 3 fully saturated rings. The molecule has 0 aromatic heterocycles. The minimum atomic E-state index is -4.63. The number of amides is 1. The van der Waals surface area contributed by atoms with Crippen LogP contribution in [0.3, 0.4) is 0 Å². The Morgan fingerprint density at radius 2 is 1.97 bits per heavy atom. The van der Waals surface area contributed by atoms with E-state index >= 15 is 0 Å². The lowest BCUT2D eigenvalue weighted by Gasteiger charge is -2.36. The summed E-state index contributed by atoms with van der Waals surface area (Å²) < 4.78 is 41.7. The van der Waals surface area contributed by atoms with E-state index in [0.717, 1.165) is 32.4 Å². The number of carbonyl (C=O) groups is 1. The summed E-state index contributed by atoms with van der Waals surface area (Å²) in [5.74, 6) is 0.0287. The highest BCUT2D eigenvalue weighted by molar-refractivity contribution is 8.00. The van der Waals surface area contributed by atoms with Gasteiger partial charge in [-0.1, -0.05) is 19.8 Å². The summed E-state index contributed by atoms with van der Waals surface area (Å²) in [5, 5.41) is 3.59. The third-order valence-corrected chi connectivity index (χ3v) is 7.87. The van der Waals surface area contributed by atoms with E-state index in [4.69, 9.17) is 0 Å². The second-order valence-corrected chi connectivity index (χ2v) is 10.1. The number of hydrogen-bond donors (Lipinski definition) is 3. The molecule has 2 saturated carbocycles. The molecular formula is C19H33F3N4O2S. The Labute approximate surface area is 175 Å². The summed E-state index contributed by atoms with van der Waals surface area (Å²) >= 11 is 1.89. The number of rotatable bonds is 6. The van der Waals surface area contributed by atoms with Crippen LogP contribution < -0.4 is 16.2 Å². The van der Waals surface area contributed by atoms with E-state index in [2.05, 4.69) is 39.8 Å². The average Bonchev–Trinajstić information content (AvgIpc) is 3.05. The quantitative estimate of drug-likeness (QED) is 0.592. The predicted octanol–water partition coefficient (Wildman–Crippen LogP) is 3.16. The Hall–Kier alpha value is -0.550. The zero-order chi connectivity index (χ0) is 21.0. The molecule has 0 spiro atoms. The Morgan fingerprint density at radius 3 is 2.66 bits per heavy atom. The summed E-state index contributed by atoms with van der Waals surface area (Å²) in [7, 11) is 2.07. The molecule has 1 amide bonds. The first-order valence-electron chi connectivity index (χ1n) is 10.6. The van der Waals surface area contributed by atoms with Crippen molar-refractivity contribution in [2.24, 2.45) is 11.8 Å². The molecule has 1 aliphatic heterocycles. The molecule has 6 atom stereocenters. The normalized spacial score (nSPS) is 35.4. The third kappa shape index (κ3) is 6.99. The molecular weight excluding hydrogens is 405 g/mol. The van der Waals surface area contributed by atoms with Crippen LogP contribution in [0, 0.1) is 11.8 Å². The van der Waals surface area contributed by atoms with Gasteiger partial charge in [0.1, 0.15) is 5.50 Å². The summed E-state index contributed by atoms with van der Waals surface area (Å²) in [6.07, 6.45) is 0.297. The maximum Gasteiger partial charge on any atom is 0.522 e. The van der Waals surface area contributed by atoms with Crippen molar-refractivity contribution in [1.29, 1.82) is 0 Å². The lowest BCUT2D eigenvalue weighted by Crippen LogP contribution is -2.45. The second-order valence-electron chi connectivity index (χ2n) is 8.61. The number of thioether (sulfide) groups is 1. The van der Waals surface area contributed by atoms with Crippen LogP contribution in [0.4, 0.5) is 13.2 Å². The van der Waals surface area contributed by atoms with Crippen LogP contribution >= 0.6 is 11.8 Å². The lowest BCUT2D eigenvalue weighted by atomic mass is 9.82. The molecule has 2 aliphatic carbocycles. The van der Waals surface area contributed by atoms with E-state index in [9.17, 15) is 18.0 Å². The van der Waals surface area contributed by atoms with Crippen molar-refractivity contribution >= 4 is 17.7 Å². The predicted molar refractivity (Wildman–Crippen MR) is 107 cm³/mol. The fourth-order valence-electron chi connectivity index (χ4n) is 4.69. The van der Waals surface area contributed by atoms with Gasteiger partial charge in [-0.25, -0.2) is 10.9 Å². The molecule has 3 N–H and O–H groups in total. The van der Waals surface area contributed by atoms with Crippen LogP contribution in [0.2, 0.25) is 0 Å². The Balaban J connectivity index is 1.46. The molecule has 6 nitrogen and oxygen atoms in total. The molecule has 1 heterocycles. The van der Waals surface area contributed by atoms with Crippen LogP contribution in [-0.4, -0.2) is 53.8 Å². The smallest absolute Gasteiger partial charge is 0.353 e. The molecule has 0 aromatic carbocycles. The number of alkyl halides is 3. The van der Waals surface area contributed by atoms with Crippen molar-refractivity contribution in [1.82, 2.24) is 21.1 Å². The molecule has 1 saturated heterocycles. The van der Waals surface area contributed by atoms with Gasteiger partial charge in [0.2, 0.25) is 5.91 Å². The second kappa shape index (κ2) is 10.2. The topological polar surface area (TPSA) is 65.6 Å². The number of hydrogen-bond acceptors (Lipinski definition) is 6. The first-order chi connectivity index (χ1) is 13.7. The summed E-state index contributed by atoms with van der Waals surface area (Å²) in [4.78, 5) is 14.9. The van der Waals surface area contributed by atoms with Crippen LogP contribution in [0.1, 0.15) is 58.3 Å². The molecule has 0 radical (unpaired) electrons. The number of ether oxygens (including phenoxy) is 1. The maximum atomic E-state index is 12.7. The molecule has 3 aliphatic rings. The number of halogens is 3. The highest BCUT2D eigenvalue weighted by Crippen LogP contribution is 2.36. The Bertz CT molecular complexity index is 554. The fourth-order valence-corrected chi connectivity index (χ4v) is 6.00. The van der Waals surface area contributed by atoms with E-state index in [1.807, 2.05) is 11.8 Å². The van der Waals surface area contributed by atoms with Gasteiger partial charge in [-0.15, -0.1) is 24.9 Å². The van der Waals surface area contributed by atoms with E-state index in [1.54, 1.807) is 0 Å². The van der Waals surface area contributed by atoms with Gasteiger partial charge in [-0.3, -0.25) is 14.4 Å². The van der Waals surface area contributed by atoms with E-state index in [1.165, 1.54) is 0 Å². The third-order valence-electron chi connectivity index (χ3n) is 6.32. The SMILES string of the molecule is C[C@H](SC1NNCN1C)C1CCCC(NC(=O)C2CCCC(OC(F)(F)F)C2)C1. The first-order valence-corrected chi connectivity index (χ1v) is 11.5. The molecule has 5 unspecified atom stereocenters. The molecule has 29 heavy (non-hydrogen) atoms. The van der Waals surface area contributed by atoms with E-state index in [-0.39, 0.29) is 29.8 Å². The highest BCUT2D eigenvalue weighted by Gasteiger charge is 2.38. The van der Waals surface area contributed by atoms with Gasteiger partial charge >= 0.3 is 6.36 Å². The monoisotopic (exact) mass is 438 g/mol. The van der Waals surface area contributed by atoms with Crippen molar-refractivity contribution < 1.29 is 22.7 Å². The zero-order valence-corrected chi connectivity index (χ0v) is 18.0. The molecule has 168 valence electrons. The van der Waals surface area contributed by atoms with E-state index in [0.29, 0.717) is 30.4 Å². The van der Waals surface area contributed by atoms with Gasteiger partial charge in [-0.2, -0.15) is 0 Å². The molecule has 3 rings (SSSR count). The molecule has 10 heteroatoms. The van der Waals surface area contributed by atoms with Gasteiger partial charge in [0.15, 0.2) is 0 Å². The minimum absolute atomic E-state index is 0.104. The average molecular weight is 439 g/mol. The van der Waals surface area contributed by atoms with Crippen LogP contribution in [-0.2, 0) is 9.53 Å². The zero-order valence-electron chi connectivity index (χ0n) is 17.1. The Morgan fingerprint density at radius 1 is 1.21 bits per heavy atom. The summed E-state index contributed by atoms with van der Waals surface area (Å²) in [6, 6.07) is 0.112. The van der Waals surface area contributed by atoms with E-state index < -0.39 is 12.5 Å².